The summed E-state index contributed by atoms with van der Waals surface area (Å²) in [6.07, 6.45) is 5.31. The summed E-state index contributed by atoms with van der Waals surface area (Å²) in [5.41, 5.74) is 4.96. The number of allylic oxidation sites excluding steroid dienone is 2. The first-order valence-electron chi connectivity index (χ1n) is 6.65. The van der Waals surface area contributed by atoms with Crippen LogP contribution in [0.4, 0.5) is 0 Å². The molecule has 0 heterocycles. The second-order valence-electron chi connectivity index (χ2n) is 5.74. The zero-order valence-electron chi connectivity index (χ0n) is 9.69. The zero-order valence-corrected chi connectivity index (χ0v) is 9.69. The Morgan fingerprint density at radius 3 is 2.65 bits per heavy atom. The SMILES string of the molecule is C1=C2CC[C@H]1[C@@H]1c3cccc4cccc(c34)[C@H]21. The molecule has 0 nitrogen and oxygen atoms in total. The predicted octanol–water partition coefficient (Wildman–Crippen LogP) is 4.37. The first kappa shape index (κ1) is 8.52. The molecule has 3 aliphatic carbocycles. The summed E-state index contributed by atoms with van der Waals surface area (Å²) >= 11 is 0. The van der Waals surface area contributed by atoms with Crippen molar-refractivity contribution in [1.82, 2.24) is 0 Å². The lowest BCUT2D eigenvalue weighted by molar-refractivity contribution is 0.447. The molecule has 82 valence electrons. The van der Waals surface area contributed by atoms with E-state index >= 15 is 0 Å². The molecule has 2 aromatic rings. The Hall–Kier alpha value is -1.56. The summed E-state index contributed by atoms with van der Waals surface area (Å²) in [4.78, 5) is 0. The standard InChI is InChI=1S/C17H14/c1-3-10-4-2-6-14-15(10)13(5-1)16-11-7-8-12(9-11)17(14)16/h1-6,9,11,16-17H,7-8H2/t11-,16-,17+/m1/s1. The lowest BCUT2D eigenvalue weighted by Gasteiger charge is -2.26. The minimum absolute atomic E-state index is 0.731. The largest absolute Gasteiger partial charge is 0.0809 e. The molecule has 0 N–H and O–H groups in total. The van der Waals surface area contributed by atoms with E-state index in [4.69, 9.17) is 0 Å². The van der Waals surface area contributed by atoms with Gasteiger partial charge in [0.05, 0.1) is 0 Å². The maximum atomic E-state index is 2.57. The van der Waals surface area contributed by atoms with Crippen LogP contribution < -0.4 is 0 Å². The zero-order chi connectivity index (χ0) is 11.0. The molecule has 0 aliphatic heterocycles. The van der Waals surface area contributed by atoms with Gasteiger partial charge >= 0.3 is 0 Å². The number of rotatable bonds is 0. The molecule has 0 heteroatoms. The molecule has 17 heavy (non-hydrogen) atoms. The Kier molecular flexibility index (Phi) is 1.32. The Labute approximate surface area is 101 Å². The van der Waals surface area contributed by atoms with E-state index in [1.54, 1.807) is 22.1 Å². The normalized spacial score (nSPS) is 32.0. The van der Waals surface area contributed by atoms with Gasteiger partial charge in [0.25, 0.3) is 0 Å². The second-order valence-corrected chi connectivity index (χ2v) is 5.74. The fourth-order valence-corrected chi connectivity index (χ4v) is 4.54. The third-order valence-corrected chi connectivity index (χ3v) is 5.08. The van der Waals surface area contributed by atoms with E-state index in [0.29, 0.717) is 0 Å². The van der Waals surface area contributed by atoms with Crippen molar-refractivity contribution in [3.63, 3.8) is 0 Å². The van der Waals surface area contributed by atoms with E-state index in [9.17, 15) is 0 Å². The van der Waals surface area contributed by atoms with Gasteiger partial charge in [-0.2, -0.15) is 0 Å². The fourth-order valence-electron chi connectivity index (χ4n) is 4.54. The summed E-state index contributed by atoms with van der Waals surface area (Å²) in [5.74, 6) is 2.34. The first-order chi connectivity index (χ1) is 8.43. The van der Waals surface area contributed by atoms with E-state index in [0.717, 1.165) is 17.8 Å². The summed E-state index contributed by atoms with van der Waals surface area (Å²) in [5, 5.41) is 3.01. The van der Waals surface area contributed by atoms with Crippen molar-refractivity contribution in [2.45, 2.75) is 24.7 Å². The molecule has 0 spiro atoms. The molecule has 0 saturated heterocycles. The van der Waals surface area contributed by atoms with E-state index in [1.807, 2.05) is 0 Å². The number of hydrogen-bond donors (Lipinski definition) is 0. The fraction of sp³-hybridized carbons (Fsp3) is 0.294. The van der Waals surface area contributed by atoms with Crippen LogP contribution in [0.5, 0.6) is 0 Å². The van der Waals surface area contributed by atoms with Crippen LogP contribution in [-0.4, -0.2) is 0 Å². The highest BCUT2D eigenvalue weighted by atomic mass is 14.5. The number of fused-ring (bicyclic) bond motifs is 6. The summed E-state index contributed by atoms with van der Waals surface area (Å²) in [6.45, 7) is 0. The van der Waals surface area contributed by atoms with Crippen molar-refractivity contribution < 1.29 is 0 Å². The lowest BCUT2D eigenvalue weighted by Crippen LogP contribution is -2.13. The molecule has 3 aliphatic rings. The van der Waals surface area contributed by atoms with Crippen molar-refractivity contribution >= 4 is 10.8 Å². The average molecular weight is 218 g/mol. The Bertz CT molecular complexity index is 672. The molecule has 0 amide bonds. The van der Waals surface area contributed by atoms with Crippen molar-refractivity contribution in [3.05, 3.63) is 59.2 Å². The van der Waals surface area contributed by atoms with E-state index < -0.39 is 0 Å². The quantitative estimate of drug-likeness (QED) is 0.576. The van der Waals surface area contributed by atoms with Crippen LogP contribution in [-0.2, 0) is 0 Å². The summed E-state index contributed by atoms with van der Waals surface area (Å²) in [6, 6.07) is 13.7. The predicted molar refractivity (Wildman–Crippen MR) is 70.2 cm³/mol. The van der Waals surface area contributed by atoms with Gasteiger partial charge in [-0.3, -0.25) is 0 Å². The van der Waals surface area contributed by atoms with Gasteiger partial charge in [0.2, 0.25) is 0 Å². The van der Waals surface area contributed by atoms with Crippen LogP contribution in [0.25, 0.3) is 10.8 Å². The van der Waals surface area contributed by atoms with Gasteiger partial charge in [0.15, 0.2) is 0 Å². The van der Waals surface area contributed by atoms with Crippen molar-refractivity contribution in [2.24, 2.45) is 5.92 Å². The topological polar surface area (TPSA) is 0 Å². The van der Waals surface area contributed by atoms with E-state index in [2.05, 4.69) is 42.5 Å². The van der Waals surface area contributed by atoms with Gasteiger partial charge < -0.3 is 0 Å². The average Bonchev–Trinajstić information content (AvgIpc) is 3.03. The minimum atomic E-state index is 0.731. The highest BCUT2D eigenvalue weighted by Crippen LogP contribution is 2.62. The molecular formula is C17H14. The number of benzene rings is 2. The van der Waals surface area contributed by atoms with Gasteiger partial charge in [-0.25, -0.2) is 0 Å². The van der Waals surface area contributed by atoms with E-state index in [1.165, 1.54) is 18.2 Å². The van der Waals surface area contributed by atoms with Gasteiger partial charge in [-0.1, -0.05) is 48.0 Å². The molecule has 2 bridgehead atoms. The molecule has 0 saturated carbocycles. The van der Waals surface area contributed by atoms with Crippen molar-refractivity contribution in [3.8, 4) is 0 Å². The van der Waals surface area contributed by atoms with Crippen LogP contribution in [0, 0.1) is 5.92 Å². The van der Waals surface area contributed by atoms with Crippen LogP contribution >= 0.6 is 0 Å². The molecule has 2 aromatic carbocycles. The third-order valence-electron chi connectivity index (χ3n) is 5.08. The third kappa shape index (κ3) is 0.845. The molecule has 0 radical (unpaired) electrons. The minimum Gasteiger partial charge on any atom is -0.0809 e. The van der Waals surface area contributed by atoms with Gasteiger partial charge in [0, 0.05) is 11.8 Å². The molecular weight excluding hydrogens is 204 g/mol. The summed E-state index contributed by atoms with van der Waals surface area (Å²) in [7, 11) is 0. The van der Waals surface area contributed by atoms with Gasteiger partial charge in [-0.15, -0.1) is 0 Å². The molecule has 3 atom stereocenters. The van der Waals surface area contributed by atoms with Gasteiger partial charge in [0.1, 0.15) is 0 Å². The summed E-state index contributed by atoms with van der Waals surface area (Å²) < 4.78 is 0. The van der Waals surface area contributed by atoms with Gasteiger partial charge in [-0.05, 0) is 40.7 Å². The highest BCUT2D eigenvalue weighted by molar-refractivity contribution is 5.93. The molecule has 5 rings (SSSR count). The maximum Gasteiger partial charge on any atom is 0.0129 e. The molecule has 0 aromatic heterocycles. The first-order valence-corrected chi connectivity index (χ1v) is 6.65. The van der Waals surface area contributed by atoms with Crippen LogP contribution in [0.3, 0.4) is 0 Å². The molecule has 0 unspecified atom stereocenters. The van der Waals surface area contributed by atoms with Crippen LogP contribution in [0.15, 0.2) is 48.0 Å². The Morgan fingerprint density at radius 1 is 0.941 bits per heavy atom. The number of hydrogen-bond acceptors (Lipinski definition) is 0. The van der Waals surface area contributed by atoms with Crippen molar-refractivity contribution in [2.75, 3.05) is 0 Å². The molecule has 0 fully saturated rings. The van der Waals surface area contributed by atoms with Crippen molar-refractivity contribution in [1.29, 1.82) is 0 Å². The van der Waals surface area contributed by atoms with E-state index in [-0.39, 0.29) is 0 Å². The van der Waals surface area contributed by atoms with Crippen LogP contribution in [0.2, 0.25) is 0 Å². The lowest BCUT2D eigenvalue weighted by atomic mass is 9.77. The second kappa shape index (κ2) is 2.64. The Morgan fingerprint density at radius 2 is 1.76 bits per heavy atom. The monoisotopic (exact) mass is 218 g/mol. The maximum absolute atomic E-state index is 2.57. The smallest absolute Gasteiger partial charge is 0.0129 e. The van der Waals surface area contributed by atoms with Crippen LogP contribution in [0.1, 0.15) is 35.8 Å². The highest BCUT2D eigenvalue weighted by Gasteiger charge is 2.47. The Balaban J connectivity index is 1.92.